The van der Waals surface area contributed by atoms with Gasteiger partial charge < -0.3 is 4.57 Å². The Kier molecular flexibility index (Phi) is 5.58. The van der Waals surface area contributed by atoms with Crippen LogP contribution in [0.5, 0.6) is 0 Å². The molecule has 0 radical (unpaired) electrons. The number of rotatable bonds is 6. The molecule has 29 heavy (non-hydrogen) atoms. The minimum Gasteiger partial charge on any atom is -0.339 e. The summed E-state index contributed by atoms with van der Waals surface area (Å²) in [6.07, 6.45) is 11.0. The van der Waals surface area contributed by atoms with Crippen molar-refractivity contribution in [3.05, 3.63) is 94.8 Å². The number of pyridine rings is 2. The molecule has 0 aliphatic carbocycles. The van der Waals surface area contributed by atoms with Crippen LogP contribution in [0.1, 0.15) is 33.0 Å². The molecule has 6 nitrogen and oxygen atoms in total. The van der Waals surface area contributed by atoms with Crippen molar-refractivity contribution in [2.45, 2.75) is 13.5 Å². The molecule has 4 heterocycles. The number of nitrogens with zero attached hydrogens (tertiary/aromatic N) is 4. The van der Waals surface area contributed by atoms with Crippen molar-refractivity contribution in [2.75, 3.05) is 5.32 Å². The van der Waals surface area contributed by atoms with Gasteiger partial charge in [0.2, 0.25) is 0 Å². The number of carbonyl (C=O) groups is 1. The highest BCUT2D eigenvalue weighted by atomic mass is 32.1. The number of aromatic nitrogens is 4. The topological polar surface area (TPSA) is 72.7 Å². The molecule has 144 valence electrons. The van der Waals surface area contributed by atoms with Crippen LogP contribution in [-0.2, 0) is 6.54 Å². The van der Waals surface area contributed by atoms with Gasteiger partial charge >= 0.3 is 0 Å². The lowest BCUT2D eigenvalue weighted by Gasteiger charge is -2.08. The first-order chi connectivity index (χ1) is 14.2. The maximum absolute atomic E-state index is 12.7. The molecule has 0 bridgehead atoms. The molecule has 0 atom stereocenters. The fraction of sp³-hybridized carbons (Fsp3) is 0.0909. The third-order valence-electron chi connectivity index (χ3n) is 4.27. The monoisotopic (exact) mass is 401 g/mol. The lowest BCUT2D eigenvalue weighted by atomic mass is 10.2. The number of hydrogen-bond acceptors (Lipinski definition) is 5. The lowest BCUT2D eigenvalue weighted by Crippen LogP contribution is -2.17. The molecular weight excluding hydrogens is 382 g/mol. The Morgan fingerprint density at radius 1 is 1.14 bits per heavy atom. The Labute approximate surface area is 172 Å². The lowest BCUT2D eigenvalue weighted by molar-refractivity contribution is 0.101. The van der Waals surface area contributed by atoms with Crippen LogP contribution in [0.3, 0.4) is 0 Å². The van der Waals surface area contributed by atoms with Crippen LogP contribution in [0.4, 0.5) is 5.13 Å². The summed E-state index contributed by atoms with van der Waals surface area (Å²) in [5.41, 5.74) is 4.47. The summed E-state index contributed by atoms with van der Waals surface area (Å²) in [4.78, 5) is 25.5. The molecule has 0 aromatic carbocycles. The van der Waals surface area contributed by atoms with Crippen LogP contribution in [-0.4, -0.2) is 25.4 Å². The van der Waals surface area contributed by atoms with Crippen molar-refractivity contribution >= 4 is 34.5 Å². The molecule has 1 N–H and O–H groups in total. The molecule has 0 aliphatic heterocycles. The summed E-state index contributed by atoms with van der Waals surface area (Å²) in [7, 11) is 0. The zero-order valence-corrected chi connectivity index (χ0v) is 16.6. The van der Waals surface area contributed by atoms with E-state index in [0.717, 1.165) is 22.5 Å². The average molecular weight is 401 g/mol. The van der Waals surface area contributed by atoms with Gasteiger partial charge in [-0.25, -0.2) is 4.98 Å². The Bertz CT molecular complexity index is 1150. The highest BCUT2D eigenvalue weighted by molar-refractivity contribution is 7.14. The van der Waals surface area contributed by atoms with Gasteiger partial charge in [-0.2, -0.15) is 0 Å². The predicted molar refractivity (Wildman–Crippen MR) is 116 cm³/mol. The normalized spacial score (nSPS) is 11.1. The molecule has 0 fully saturated rings. The largest absolute Gasteiger partial charge is 0.339 e. The summed E-state index contributed by atoms with van der Waals surface area (Å²) in [5, 5.41) is 5.34. The Balaban J connectivity index is 1.43. The van der Waals surface area contributed by atoms with Gasteiger partial charge in [0.05, 0.1) is 11.4 Å². The van der Waals surface area contributed by atoms with Crippen LogP contribution < -0.4 is 5.32 Å². The van der Waals surface area contributed by atoms with Crippen molar-refractivity contribution < 1.29 is 4.79 Å². The van der Waals surface area contributed by atoms with E-state index in [9.17, 15) is 4.79 Å². The number of aryl methyl sites for hydroxylation is 1. The van der Waals surface area contributed by atoms with Gasteiger partial charge in [0.1, 0.15) is 5.69 Å². The fourth-order valence-electron chi connectivity index (χ4n) is 2.85. The van der Waals surface area contributed by atoms with E-state index in [4.69, 9.17) is 0 Å². The van der Waals surface area contributed by atoms with Gasteiger partial charge in [-0.05, 0) is 66.6 Å². The highest BCUT2D eigenvalue weighted by Crippen LogP contribution is 2.19. The van der Waals surface area contributed by atoms with Gasteiger partial charge in [0.25, 0.3) is 5.91 Å². The van der Waals surface area contributed by atoms with Crippen LogP contribution >= 0.6 is 11.3 Å². The third kappa shape index (κ3) is 4.83. The van der Waals surface area contributed by atoms with Crippen LogP contribution in [0.2, 0.25) is 0 Å². The first-order valence-corrected chi connectivity index (χ1v) is 9.97. The summed E-state index contributed by atoms with van der Waals surface area (Å²) >= 11 is 1.39. The summed E-state index contributed by atoms with van der Waals surface area (Å²) in [5.74, 6) is -0.186. The van der Waals surface area contributed by atoms with Crippen molar-refractivity contribution in [1.29, 1.82) is 0 Å². The van der Waals surface area contributed by atoms with Gasteiger partial charge in [-0.15, -0.1) is 11.3 Å². The highest BCUT2D eigenvalue weighted by Gasteiger charge is 2.13. The van der Waals surface area contributed by atoms with Crippen LogP contribution in [0.15, 0.2) is 66.6 Å². The maximum atomic E-state index is 12.7. The van der Waals surface area contributed by atoms with E-state index in [1.165, 1.54) is 11.3 Å². The molecular formula is C22H19N5OS. The Hall–Kier alpha value is -3.58. The quantitative estimate of drug-likeness (QED) is 0.516. The first-order valence-electron chi connectivity index (χ1n) is 9.09. The van der Waals surface area contributed by atoms with Crippen molar-refractivity contribution in [1.82, 2.24) is 19.5 Å². The molecule has 0 aliphatic rings. The third-order valence-corrected chi connectivity index (χ3v) is 5.04. The van der Waals surface area contributed by atoms with E-state index in [-0.39, 0.29) is 5.91 Å². The van der Waals surface area contributed by atoms with Gasteiger partial charge in [-0.1, -0.05) is 0 Å². The summed E-state index contributed by atoms with van der Waals surface area (Å²) in [6, 6.07) is 11.5. The number of anilines is 1. The smallest absolute Gasteiger partial charge is 0.274 e. The average Bonchev–Trinajstić information content (AvgIpc) is 3.37. The van der Waals surface area contributed by atoms with Gasteiger partial charge in [0, 0.05) is 36.7 Å². The number of thiazole rings is 1. The van der Waals surface area contributed by atoms with Gasteiger partial charge in [-0.3, -0.25) is 20.1 Å². The molecule has 4 aromatic heterocycles. The number of carbonyl (C=O) groups excluding carboxylic acids is 1. The Morgan fingerprint density at radius 3 is 2.79 bits per heavy atom. The predicted octanol–water partition coefficient (Wildman–Crippen LogP) is 4.51. The summed E-state index contributed by atoms with van der Waals surface area (Å²) < 4.78 is 1.91. The second-order valence-electron chi connectivity index (χ2n) is 6.50. The SMILES string of the molecule is Cc1ccnc(/C=C/c2csc(NC(=O)c3cccn3Cc3ccncc3)n2)c1. The van der Waals surface area contributed by atoms with Crippen LogP contribution in [0, 0.1) is 6.92 Å². The van der Waals surface area contributed by atoms with Crippen molar-refractivity contribution in [3.63, 3.8) is 0 Å². The molecule has 0 spiro atoms. The zero-order valence-electron chi connectivity index (χ0n) is 15.8. The molecule has 4 rings (SSSR count). The second-order valence-corrected chi connectivity index (χ2v) is 7.36. The Morgan fingerprint density at radius 2 is 1.97 bits per heavy atom. The summed E-state index contributed by atoms with van der Waals surface area (Å²) in [6.45, 7) is 2.63. The standard InChI is InChI=1S/C22H19N5OS/c1-16-6-11-24-18(13-16)4-5-19-15-29-22(25-19)26-21(28)20-3-2-12-27(20)14-17-7-9-23-10-8-17/h2-13,15H,14H2,1H3,(H,25,26,28)/b5-4+. The van der Waals surface area contributed by atoms with E-state index < -0.39 is 0 Å². The van der Waals surface area contributed by atoms with Crippen molar-refractivity contribution in [2.24, 2.45) is 0 Å². The number of nitrogens with one attached hydrogen (secondary N) is 1. The fourth-order valence-corrected chi connectivity index (χ4v) is 3.52. The number of hydrogen-bond donors (Lipinski definition) is 1. The van der Waals surface area contributed by atoms with Gasteiger partial charge in [0.15, 0.2) is 5.13 Å². The van der Waals surface area contributed by atoms with Crippen LogP contribution in [0.25, 0.3) is 12.2 Å². The minimum absolute atomic E-state index is 0.186. The molecule has 0 saturated carbocycles. The molecule has 4 aromatic rings. The van der Waals surface area contributed by atoms with E-state index >= 15 is 0 Å². The number of amides is 1. The molecule has 1 amide bonds. The minimum atomic E-state index is -0.186. The van der Waals surface area contributed by atoms with Crippen molar-refractivity contribution in [3.8, 4) is 0 Å². The zero-order chi connectivity index (χ0) is 20.1. The van der Waals surface area contributed by atoms with E-state index in [2.05, 4.69) is 20.3 Å². The molecule has 0 unspecified atom stereocenters. The molecule has 0 saturated heterocycles. The van der Waals surface area contributed by atoms with E-state index in [0.29, 0.717) is 17.4 Å². The first kappa shape index (κ1) is 18.8. The van der Waals surface area contributed by atoms with E-state index in [1.807, 2.05) is 65.6 Å². The molecule has 7 heteroatoms. The second kappa shape index (κ2) is 8.62. The van der Waals surface area contributed by atoms with E-state index in [1.54, 1.807) is 24.7 Å². The maximum Gasteiger partial charge on any atom is 0.274 e.